The zero-order valence-corrected chi connectivity index (χ0v) is 17.5. The molecule has 0 saturated carbocycles. The van der Waals surface area contributed by atoms with Gasteiger partial charge in [-0.2, -0.15) is 0 Å². The summed E-state index contributed by atoms with van der Waals surface area (Å²) in [5, 5.41) is 3.50. The van der Waals surface area contributed by atoms with E-state index in [0.29, 0.717) is 10.8 Å². The van der Waals surface area contributed by atoms with Crippen LogP contribution in [0.3, 0.4) is 0 Å². The number of hydrogen-bond donors (Lipinski definition) is 1. The largest absolute Gasteiger partial charge is 0.484 e. The van der Waals surface area contributed by atoms with Gasteiger partial charge in [0.15, 0.2) is 6.61 Å². The van der Waals surface area contributed by atoms with E-state index in [1.165, 1.54) is 5.56 Å². The zero-order chi connectivity index (χ0) is 20.8. The quantitative estimate of drug-likeness (QED) is 0.508. The van der Waals surface area contributed by atoms with Gasteiger partial charge >= 0.3 is 0 Å². The minimum atomic E-state index is -0.207. The summed E-state index contributed by atoms with van der Waals surface area (Å²) < 4.78 is 5.63. The molecule has 4 nitrogen and oxygen atoms in total. The second-order valence-electron chi connectivity index (χ2n) is 6.90. The van der Waals surface area contributed by atoms with Gasteiger partial charge in [-0.25, -0.2) is 0 Å². The van der Waals surface area contributed by atoms with Crippen LogP contribution in [-0.2, 0) is 4.79 Å². The first-order valence-electron chi connectivity index (χ1n) is 9.31. The fourth-order valence-corrected chi connectivity index (χ4v) is 2.88. The monoisotopic (exact) mass is 406 g/mol. The number of benzene rings is 3. The van der Waals surface area contributed by atoms with Crippen molar-refractivity contribution in [2.75, 3.05) is 11.9 Å². The molecule has 0 saturated heterocycles. The lowest BCUT2D eigenvalue weighted by Crippen LogP contribution is -2.20. The Morgan fingerprint density at radius 3 is 2.59 bits per heavy atom. The van der Waals surface area contributed by atoms with Crippen molar-refractivity contribution in [3.63, 3.8) is 0 Å². The van der Waals surface area contributed by atoms with Gasteiger partial charge < -0.3 is 10.1 Å². The van der Waals surface area contributed by atoms with Gasteiger partial charge in [-0.1, -0.05) is 35.9 Å². The van der Waals surface area contributed by atoms with Crippen LogP contribution >= 0.6 is 11.6 Å². The van der Waals surface area contributed by atoms with Crippen LogP contribution < -0.4 is 10.1 Å². The molecule has 0 radical (unpaired) electrons. The molecule has 5 heteroatoms. The number of anilines is 1. The molecule has 3 aromatic rings. The molecular formula is C24H23ClN2O2. The van der Waals surface area contributed by atoms with Gasteiger partial charge in [-0.3, -0.25) is 9.79 Å². The van der Waals surface area contributed by atoms with Crippen molar-refractivity contribution in [3.8, 4) is 5.75 Å². The molecule has 1 N–H and O–H groups in total. The van der Waals surface area contributed by atoms with Gasteiger partial charge in [0.05, 0.1) is 5.69 Å². The Morgan fingerprint density at radius 2 is 1.79 bits per heavy atom. The number of aryl methyl sites for hydroxylation is 3. The second-order valence-corrected chi connectivity index (χ2v) is 7.33. The van der Waals surface area contributed by atoms with Gasteiger partial charge in [0, 0.05) is 16.9 Å². The van der Waals surface area contributed by atoms with E-state index < -0.39 is 0 Å². The molecule has 0 atom stereocenters. The van der Waals surface area contributed by atoms with Crippen LogP contribution in [0.2, 0.25) is 5.02 Å². The Labute approximate surface area is 176 Å². The van der Waals surface area contributed by atoms with E-state index in [2.05, 4.69) is 10.3 Å². The highest BCUT2D eigenvalue weighted by Gasteiger charge is 2.05. The van der Waals surface area contributed by atoms with E-state index in [1.807, 2.05) is 81.4 Å². The third-order valence-corrected chi connectivity index (χ3v) is 4.78. The minimum Gasteiger partial charge on any atom is -0.484 e. The number of nitrogens with zero attached hydrogens (tertiary/aromatic N) is 1. The molecule has 0 aliphatic rings. The fourth-order valence-electron chi connectivity index (χ4n) is 2.72. The second kappa shape index (κ2) is 9.39. The number of carbonyl (C=O) groups is 1. The predicted molar refractivity (Wildman–Crippen MR) is 120 cm³/mol. The van der Waals surface area contributed by atoms with E-state index in [4.69, 9.17) is 16.3 Å². The Bertz CT molecular complexity index is 1060. The van der Waals surface area contributed by atoms with Crippen molar-refractivity contribution in [1.29, 1.82) is 0 Å². The van der Waals surface area contributed by atoms with Crippen LogP contribution in [0.1, 0.15) is 22.3 Å². The summed E-state index contributed by atoms with van der Waals surface area (Å²) in [6.07, 6.45) is 1.75. The summed E-state index contributed by atoms with van der Waals surface area (Å²) in [6.45, 7) is 5.96. The molecule has 3 aromatic carbocycles. The highest BCUT2D eigenvalue weighted by atomic mass is 35.5. The Kier molecular flexibility index (Phi) is 6.68. The molecule has 3 rings (SSSR count). The number of ether oxygens (including phenoxy) is 1. The highest BCUT2D eigenvalue weighted by Crippen LogP contribution is 2.23. The summed E-state index contributed by atoms with van der Waals surface area (Å²) in [7, 11) is 0. The average Bonchev–Trinajstić information content (AvgIpc) is 2.70. The van der Waals surface area contributed by atoms with Gasteiger partial charge in [-0.05, 0) is 79.4 Å². The van der Waals surface area contributed by atoms with Crippen LogP contribution in [0.25, 0.3) is 0 Å². The lowest BCUT2D eigenvalue weighted by molar-refractivity contribution is -0.118. The van der Waals surface area contributed by atoms with Crippen molar-refractivity contribution in [1.82, 2.24) is 0 Å². The third-order valence-electron chi connectivity index (χ3n) is 4.54. The number of hydrogen-bond acceptors (Lipinski definition) is 3. The normalized spacial score (nSPS) is 10.9. The number of halogens is 1. The Morgan fingerprint density at radius 1 is 1.00 bits per heavy atom. The first-order valence-corrected chi connectivity index (χ1v) is 9.69. The number of carbonyl (C=O) groups excluding carboxylic acids is 1. The summed E-state index contributed by atoms with van der Waals surface area (Å²) >= 11 is 6.04. The molecule has 29 heavy (non-hydrogen) atoms. The van der Waals surface area contributed by atoms with Crippen LogP contribution in [0.15, 0.2) is 65.7 Å². The number of aliphatic imine (C=N–C) groups is 1. The molecule has 0 unspecified atom stereocenters. The zero-order valence-electron chi connectivity index (χ0n) is 16.7. The highest BCUT2D eigenvalue weighted by molar-refractivity contribution is 6.30. The van der Waals surface area contributed by atoms with Gasteiger partial charge in [-0.15, -0.1) is 0 Å². The maximum Gasteiger partial charge on any atom is 0.262 e. The van der Waals surface area contributed by atoms with Crippen molar-refractivity contribution in [3.05, 3.63) is 87.9 Å². The Hall–Kier alpha value is -3.11. The fraction of sp³-hybridized carbons (Fsp3) is 0.167. The first kappa shape index (κ1) is 20.6. The molecule has 0 bridgehead atoms. The summed E-state index contributed by atoms with van der Waals surface area (Å²) in [6, 6.07) is 18.8. The van der Waals surface area contributed by atoms with Crippen molar-refractivity contribution >= 4 is 35.1 Å². The van der Waals surface area contributed by atoms with Gasteiger partial charge in [0.1, 0.15) is 5.75 Å². The summed E-state index contributed by atoms with van der Waals surface area (Å²) in [4.78, 5) is 16.7. The molecule has 148 valence electrons. The maximum atomic E-state index is 12.2. The van der Waals surface area contributed by atoms with Crippen LogP contribution in [0.4, 0.5) is 11.4 Å². The summed E-state index contributed by atoms with van der Waals surface area (Å²) in [5.74, 6) is 0.397. The van der Waals surface area contributed by atoms with Crippen LogP contribution in [0.5, 0.6) is 5.75 Å². The van der Waals surface area contributed by atoms with E-state index in [1.54, 1.807) is 6.21 Å². The molecule has 1 amide bonds. The molecular weight excluding hydrogens is 384 g/mol. The van der Waals surface area contributed by atoms with Gasteiger partial charge in [0.25, 0.3) is 5.91 Å². The van der Waals surface area contributed by atoms with E-state index in [0.717, 1.165) is 28.1 Å². The molecule has 0 aromatic heterocycles. The first-order chi connectivity index (χ1) is 13.9. The van der Waals surface area contributed by atoms with E-state index >= 15 is 0 Å². The molecule has 0 spiro atoms. The smallest absolute Gasteiger partial charge is 0.262 e. The lowest BCUT2D eigenvalue weighted by atomic mass is 10.1. The SMILES string of the molecule is Cc1ccc(NC(=O)COc2cccc(C=Nc3cc(Cl)ccc3C)c2)cc1C. The summed E-state index contributed by atoms with van der Waals surface area (Å²) in [5.41, 5.74) is 5.81. The number of amides is 1. The lowest BCUT2D eigenvalue weighted by Gasteiger charge is -2.09. The average molecular weight is 407 g/mol. The van der Waals surface area contributed by atoms with E-state index in [9.17, 15) is 4.79 Å². The standard InChI is InChI=1S/C24H23ClN2O2/c1-16-8-10-21(11-18(16)3)27-24(28)15-29-22-6-4-5-19(12-22)14-26-23-13-20(25)9-7-17(23)2/h4-14H,15H2,1-3H3,(H,27,28). The van der Waals surface area contributed by atoms with Gasteiger partial charge in [0.2, 0.25) is 0 Å². The van der Waals surface area contributed by atoms with E-state index in [-0.39, 0.29) is 12.5 Å². The van der Waals surface area contributed by atoms with Crippen molar-refractivity contribution in [2.45, 2.75) is 20.8 Å². The number of nitrogens with one attached hydrogen (secondary N) is 1. The maximum absolute atomic E-state index is 12.2. The Balaban J connectivity index is 1.60. The molecule has 0 heterocycles. The predicted octanol–water partition coefficient (Wildman–Crippen LogP) is 6.03. The minimum absolute atomic E-state index is 0.0685. The molecule has 0 fully saturated rings. The topological polar surface area (TPSA) is 50.7 Å². The van der Waals surface area contributed by atoms with Crippen LogP contribution in [-0.4, -0.2) is 18.7 Å². The van der Waals surface area contributed by atoms with Crippen molar-refractivity contribution < 1.29 is 9.53 Å². The molecule has 0 aliphatic carbocycles. The van der Waals surface area contributed by atoms with Crippen LogP contribution in [0, 0.1) is 20.8 Å². The molecule has 0 aliphatic heterocycles. The number of rotatable bonds is 6. The van der Waals surface area contributed by atoms with Crippen molar-refractivity contribution in [2.24, 2.45) is 4.99 Å². The third kappa shape index (κ3) is 5.93.